The molecule has 0 spiro atoms. The Hall–Kier alpha value is 0.700. The van der Waals surface area contributed by atoms with E-state index in [1.165, 1.54) is 25.0 Å². The van der Waals surface area contributed by atoms with Gasteiger partial charge >= 0.3 is 0 Å². The molecule has 0 radical (unpaired) electrons. The molecular formula is C8H18S2. The van der Waals surface area contributed by atoms with E-state index in [1.54, 1.807) is 0 Å². The molecule has 0 saturated carbocycles. The Labute approximate surface area is 73.5 Å². The molecule has 1 unspecified atom stereocenters. The van der Waals surface area contributed by atoms with Gasteiger partial charge in [0, 0.05) is 5.25 Å². The molecule has 0 aliphatic carbocycles. The Morgan fingerprint density at radius 2 is 1.90 bits per heavy atom. The van der Waals surface area contributed by atoms with Crippen molar-refractivity contribution in [2.45, 2.75) is 31.4 Å². The van der Waals surface area contributed by atoms with Crippen molar-refractivity contribution in [1.29, 1.82) is 0 Å². The topological polar surface area (TPSA) is 0 Å². The van der Waals surface area contributed by atoms with Crippen molar-refractivity contribution in [3.8, 4) is 0 Å². The van der Waals surface area contributed by atoms with Gasteiger partial charge in [-0.15, -0.1) is 0 Å². The van der Waals surface area contributed by atoms with Crippen LogP contribution in [-0.2, 0) is 0 Å². The lowest BCUT2D eigenvalue weighted by Gasteiger charge is -2.05. The third kappa shape index (κ3) is 6.81. The van der Waals surface area contributed by atoms with Crippen LogP contribution < -0.4 is 0 Å². The molecule has 2 heteroatoms. The Morgan fingerprint density at radius 3 is 2.40 bits per heavy atom. The zero-order valence-electron chi connectivity index (χ0n) is 7.22. The van der Waals surface area contributed by atoms with Crippen LogP contribution in [0.5, 0.6) is 0 Å². The van der Waals surface area contributed by atoms with Crippen molar-refractivity contribution in [1.82, 2.24) is 0 Å². The van der Waals surface area contributed by atoms with Gasteiger partial charge in [-0.3, -0.25) is 0 Å². The quantitative estimate of drug-likeness (QED) is 0.573. The first-order valence-corrected chi connectivity index (χ1v) is 6.51. The Kier molecular flexibility index (Phi) is 8.35. The van der Waals surface area contributed by atoms with Crippen LogP contribution in [0.4, 0.5) is 0 Å². The first-order valence-electron chi connectivity index (χ1n) is 3.83. The molecule has 0 bridgehead atoms. The maximum absolute atomic E-state index is 2.31. The van der Waals surface area contributed by atoms with Gasteiger partial charge in [0.15, 0.2) is 0 Å². The molecule has 0 aromatic heterocycles. The first kappa shape index (κ1) is 10.7. The average Bonchev–Trinajstić information content (AvgIpc) is 1.98. The van der Waals surface area contributed by atoms with E-state index in [2.05, 4.69) is 19.4 Å². The second kappa shape index (κ2) is 7.80. The van der Waals surface area contributed by atoms with Crippen molar-refractivity contribution in [3.63, 3.8) is 0 Å². The number of thioether (sulfide) groups is 2. The third-order valence-electron chi connectivity index (χ3n) is 1.61. The summed E-state index contributed by atoms with van der Waals surface area (Å²) in [4.78, 5) is 0. The molecule has 0 nitrogen and oxygen atoms in total. The van der Waals surface area contributed by atoms with Crippen LogP contribution in [0.25, 0.3) is 0 Å². The highest BCUT2D eigenvalue weighted by molar-refractivity contribution is 7.99. The Morgan fingerprint density at radius 1 is 1.20 bits per heavy atom. The lowest BCUT2D eigenvalue weighted by Crippen LogP contribution is -1.94. The molecule has 0 aromatic rings. The Bertz CT molecular complexity index is 64.3. The molecule has 10 heavy (non-hydrogen) atoms. The van der Waals surface area contributed by atoms with E-state index in [-0.39, 0.29) is 0 Å². The lowest BCUT2D eigenvalue weighted by molar-refractivity contribution is 0.719. The predicted octanol–water partition coefficient (Wildman–Crippen LogP) is 3.27. The van der Waals surface area contributed by atoms with Crippen molar-refractivity contribution < 1.29 is 0 Å². The van der Waals surface area contributed by atoms with Crippen LogP contribution in [0.15, 0.2) is 0 Å². The molecule has 0 N–H and O–H groups in total. The molecule has 0 saturated heterocycles. The zero-order valence-corrected chi connectivity index (χ0v) is 8.86. The predicted molar refractivity (Wildman–Crippen MR) is 55.2 cm³/mol. The van der Waals surface area contributed by atoms with Gasteiger partial charge in [0.05, 0.1) is 0 Å². The van der Waals surface area contributed by atoms with E-state index in [0.717, 1.165) is 5.25 Å². The summed E-state index contributed by atoms with van der Waals surface area (Å²) in [6, 6.07) is 0. The van der Waals surface area contributed by atoms with Crippen LogP contribution >= 0.6 is 23.5 Å². The van der Waals surface area contributed by atoms with E-state index in [9.17, 15) is 0 Å². The minimum absolute atomic E-state index is 0.863. The molecule has 0 rings (SSSR count). The van der Waals surface area contributed by atoms with Crippen LogP contribution in [-0.4, -0.2) is 23.5 Å². The van der Waals surface area contributed by atoms with Gasteiger partial charge in [-0.25, -0.2) is 0 Å². The first-order chi connectivity index (χ1) is 4.81. The number of hydrogen-bond acceptors (Lipinski definition) is 2. The van der Waals surface area contributed by atoms with Crippen LogP contribution in [0.2, 0.25) is 0 Å². The van der Waals surface area contributed by atoms with Gasteiger partial charge in [0.2, 0.25) is 0 Å². The largest absolute Gasteiger partial charge is 0.165 e. The summed E-state index contributed by atoms with van der Waals surface area (Å²) >= 11 is 3.93. The highest BCUT2D eigenvalue weighted by atomic mass is 32.2. The fraction of sp³-hybridized carbons (Fsp3) is 1.00. The molecule has 0 heterocycles. The summed E-state index contributed by atoms with van der Waals surface area (Å²) < 4.78 is 0. The van der Waals surface area contributed by atoms with Gasteiger partial charge in [0.25, 0.3) is 0 Å². The summed E-state index contributed by atoms with van der Waals surface area (Å²) in [6.07, 6.45) is 8.56. The second-order valence-corrected chi connectivity index (χ2v) is 4.80. The van der Waals surface area contributed by atoms with Crippen LogP contribution in [0, 0.1) is 0 Å². The molecule has 0 aliphatic rings. The fourth-order valence-electron chi connectivity index (χ4n) is 0.796. The number of unbranched alkanes of at least 4 members (excludes halogenated alkanes) is 1. The SMILES string of the molecule is CSCCCCC(C)SC. The highest BCUT2D eigenvalue weighted by Gasteiger charge is 1.97. The second-order valence-electron chi connectivity index (χ2n) is 2.53. The normalized spacial score (nSPS) is 13.5. The summed E-state index contributed by atoms with van der Waals surface area (Å²) in [6.45, 7) is 2.31. The van der Waals surface area contributed by atoms with Gasteiger partial charge < -0.3 is 0 Å². The maximum Gasteiger partial charge on any atom is 0.00159 e. The van der Waals surface area contributed by atoms with Crippen molar-refractivity contribution >= 4 is 23.5 Å². The van der Waals surface area contributed by atoms with E-state index < -0.39 is 0 Å². The monoisotopic (exact) mass is 178 g/mol. The molecule has 0 amide bonds. The summed E-state index contributed by atoms with van der Waals surface area (Å²) in [7, 11) is 0. The number of hydrogen-bond donors (Lipinski definition) is 0. The van der Waals surface area contributed by atoms with Crippen molar-refractivity contribution in [2.75, 3.05) is 18.3 Å². The van der Waals surface area contributed by atoms with Gasteiger partial charge in [-0.05, 0) is 31.1 Å². The molecule has 0 fully saturated rings. The van der Waals surface area contributed by atoms with Gasteiger partial charge in [0.1, 0.15) is 0 Å². The molecule has 62 valence electrons. The van der Waals surface area contributed by atoms with E-state index in [1.807, 2.05) is 23.5 Å². The number of rotatable bonds is 6. The van der Waals surface area contributed by atoms with E-state index in [4.69, 9.17) is 0 Å². The minimum Gasteiger partial charge on any atom is -0.165 e. The maximum atomic E-state index is 2.31. The average molecular weight is 178 g/mol. The molecule has 0 aliphatic heterocycles. The van der Waals surface area contributed by atoms with Crippen LogP contribution in [0.3, 0.4) is 0 Å². The highest BCUT2D eigenvalue weighted by Crippen LogP contribution is 2.13. The van der Waals surface area contributed by atoms with Crippen molar-refractivity contribution in [2.24, 2.45) is 0 Å². The smallest absolute Gasteiger partial charge is 0.00159 e. The Balaban J connectivity index is 2.89. The lowest BCUT2D eigenvalue weighted by atomic mass is 10.2. The standard InChI is InChI=1S/C8H18S2/c1-8(10-3)6-4-5-7-9-2/h8H,4-7H2,1-3H3. The molecular weight excluding hydrogens is 160 g/mol. The fourth-order valence-corrected chi connectivity index (χ4v) is 1.69. The van der Waals surface area contributed by atoms with E-state index in [0.29, 0.717) is 0 Å². The van der Waals surface area contributed by atoms with Gasteiger partial charge in [-0.1, -0.05) is 13.3 Å². The summed E-state index contributed by atoms with van der Waals surface area (Å²) in [5.41, 5.74) is 0. The zero-order chi connectivity index (χ0) is 7.82. The third-order valence-corrected chi connectivity index (χ3v) is 3.35. The van der Waals surface area contributed by atoms with Gasteiger partial charge in [-0.2, -0.15) is 23.5 Å². The van der Waals surface area contributed by atoms with Crippen LogP contribution in [0.1, 0.15) is 26.2 Å². The summed E-state index contributed by atoms with van der Waals surface area (Å²) in [5.74, 6) is 1.33. The summed E-state index contributed by atoms with van der Waals surface area (Å²) in [5, 5.41) is 0.863. The van der Waals surface area contributed by atoms with E-state index >= 15 is 0 Å². The van der Waals surface area contributed by atoms with Crippen molar-refractivity contribution in [3.05, 3.63) is 0 Å². The minimum atomic E-state index is 0.863. The molecule has 1 atom stereocenters. The molecule has 0 aromatic carbocycles.